The van der Waals surface area contributed by atoms with Crippen LogP contribution in [0.4, 0.5) is 4.39 Å². The van der Waals surface area contributed by atoms with Crippen LogP contribution in [0.1, 0.15) is 21.7 Å². The zero-order valence-electron chi connectivity index (χ0n) is 11.9. The van der Waals surface area contributed by atoms with Crippen LogP contribution < -0.4 is 5.32 Å². The van der Waals surface area contributed by atoms with E-state index in [0.29, 0.717) is 18.5 Å². The summed E-state index contributed by atoms with van der Waals surface area (Å²) in [5.41, 5.74) is 0.00472. The summed E-state index contributed by atoms with van der Waals surface area (Å²) in [6.45, 7) is 0.390. The summed E-state index contributed by atoms with van der Waals surface area (Å²) in [4.78, 5) is 26.5. The van der Waals surface area contributed by atoms with Crippen LogP contribution in [-0.4, -0.2) is 38.3 Å². The summed E-state index contributed by atoms with van der Waals surface area (Å²) in [5.74, 6) is -1.71. The highest BCUT2D eigenvalue weighted by Gasteiger charge is 2.12. The number of aromatic nitrogens is 3. The van der Waals surface area contributed by atoms with E-state index >= 15 is 0 Å². The number of aryl methyl sites for hydroxylation is 1. The number of rotatable bonds is 6. The van der Waals surface area contributed by atoms with Gasteiger partial charge in [0.1, 0.15) is 18.0 Å². The minimum absolute atomic E-state index is 0.0182. The molecule has 0 fully saturated rings. The minimum Gasteiger partial charge on any atom is -0.478 e. The fourth-order valence-corrected chi connectivity index (χ4v) is 1.95. The molecule has 22 heavy (non-hydrogen) atoms. The first-order chi connectivity index (χ1) is 10.5. The van der Waals surface area contributed by atoms with Crippen molar-refractivity contribution in [2.45, 2.75) is 12.8 Å². The molecule has 1 aromatic heterocycles. The number of nitrogens with one attached hydrogen (secondary N) is 1. The van der Waals surface area contributed by atoms with Gasteiger partial charge in [-0.2, -0.15) is 5.10 Å². The molecule has 0 radical (unpaired) electrons. The Balaban J connectivity index is 1.85. The van der Waals surface area contributed by atoms with Crippen molar-refractivity contribution < 1.29 is 19.1 Å². The van der Waals surface area contributed by atoms with Crippen LogP contribution in [0.5, 0.6) is 0 Å². The van der Waals surface area contributed by atoms with E-state index in [4.69, 9.17) is 5.11 Å². The number of aromatic carboxylic acids is 1. The molecule has 0 aliphatic carbocycles. The van der Waals surface area contributed by atoms with Gasteiger partial charge in [0.2, 0.25) is 5.91 Å². The van der Waals surface area contributed by atoms with Crippen LogP contribution in [0.3, 0.4) is 0 Å². The lowest BCUT2D eigenvalue weighted by atomic mass is 10.1. The number of benzene rings is 1. The first-order valence-corrected chi connectivity index (χ1v) is 6.58. The zero-order valence-corrected chi connectivity index (χ0v) is 11.9. The van der Waals surface area contributed by atoms with Crippen LogP contribution in [0, 0.1) is 5.82 Å². The molecular weight excluding hydrogens is 291 g/mol. The molecule has 1 heterocycles. The fraction of sp³-hybridized carbons (Fsp3) is 0.286. The molecule has 0 unspecified atom stereocenters. The molecule has 1 aromatic carbocycles. The smallest absolute Gasteiger partial charge is 0.338 e. The molecule has 0 aliphatic rings. The lowest BCUT2D eigenvalue weighted by molar-refractivity contribution is -0.120. The summed E-state index contributed by atoms with van der Waals surface area (Å²) in [6, 6.07) is 3.64. The van der Waals surface area contributed by atoms with Crippen molar-refractivity contribution in [3.05, 3.63) is 47.3 Å². The minimum atomic E-state index is -1.34. The molecule has 0 spiro atoms. The van der Waals surface area contributed by atoms with Crippen LogP contribution in [0.15, 0.2) is 24.5 Å². The first kappa shape index (κ1) is 15.6. The Morgan fingerprint density at radius 1 is 1.41 bits per heavy atom. The van der Waals surface area contributed by atoms with Crippen molar-refractivity contribution in [1.29, 1.82) is 0 Å². The Labute approximate surface area is 125 Å². The summed E-state index contributed by atoms with van der Waals surface area (Å²) < 4.78 is 15.1. The first-order valence-electron chi connectivity index (χ1n) is 6.58. The second-order valence-electron chi connectivity index (χ2n) is 4.70. The second-order valence-corrected chi connectivity index (χ2v) is 4.70. The third-order valence-electron chi connectivity index (χ3n) is 3.10. The molecule has 8 heteroatoms. The number of amides is 1. The van der Waals surface area contributed by atoms with Gasteiger partial charge in [-0.1, -0.05) is 6.07 Å². The predicted octanol–water partition coefficient (Wildman–Crippen LogP) is 0.554. The second kappa shape index (κ2) is 6.79. The number of hydrogen-bond donors (Lipinski definition) is 2. The van der Waals surface area contributed by atoms with Gasteiger partial charge in [-0.05, 0) is 17.7 Å². The van der Waals surface area contributed by atoms with Gasteiger partial charge in [-0.3, -0.25) is 9.48 Å². The number of carbonyl (C=O) groups excluding carboxylic acids is 1. The predicted molar refractivity (Wildman–Crippen MR) is 74.8 cm³/mol. The quantitative estimate of drug-likeness (QED) is 0.812. The van der Waals surface area contributed by atoms with E-state index in [-0.39, 0.29) is 12.3 Å². The maximum atomic E-state index is 13.5. The molecule has 7 nitrogen and oxygen atoms in total. The molecule has 2 N–H and O–H groups in total. The third kappa shape index (κ3) is 3.87. The number of halogens is 1. The maximum absolute atomic E-state index is 13.5. The number of nitrogens with zero attached hydrogens (tertiary/aromatic N) is 3. The van der Waals surface area contributed by atoms with Gasteiger partial charge in [0, 0.05) is 20.0 Å². The van der Waals surface area contributed by atoms with Gasteiger partial charge in [0.05, 0.1) is 12.0 Å². The van der Waals surface area contributed by atoms with E-state index in [0.717, 1.165) is 18.0 Å². The SMILES string of the molecule is Cn1ncnc1CCNC(=O)Cc1ccc(C(=O)O)c(F)c1. The number of carboxylic acid groups (broad SMARTS) is 1. The lowest BCUT2D eigenvalue weighted by Crippen LogP contribution is -2.28. The monoisotopic (exact) mass is 306 g/mol. The topological polar surface area (TPSA) is 97.1 Å². The Morgan fingerprint density at radius 2 is 2.18 bits per heavy atom. The van der Waals surface area contributed by atoms with Gasteiger partial charge in [0.25, 0.3) is 0 Å². The highest BCUT2D eigenvalue weighted by atomic mass is 19.1. The van der Waals surface area contributed by atoms with E-state index in [9.17, 15) is 14.0 Å². The van der Waals surface area contributed by atoms with Crippen LogP contribution in [0.25, 0.3) is 0 Å². The van der Waals surface area contributed by atoms with Gasteiger partial charge < -0.3 is 10.4 Å². The Hall–Kier alpha value is -2.77. The van der Waals surface area contributed by atoms with Crippen LogP contribution in [0.2, 0.25) is 0 Å². The number of carboxylic acids is 1. The summed E-state index contributed by atoms with van der Waals surface area (Å²) in [5, 5.41) is 15.3. The zero-order chi connectivity index (χ0) is 16.1. The Bertz CT molecular complexity index is 699. The van der Waals surface area contributed by atoms with Crippen molar-refractivity contribution in [1.82, 2.24) is 20.1 Å². The molecule has 0 saturated heterocycles. The third-order valence-corrected chi connectivity index (χ3v) is 3.10. The van der Waals surface area contributed by atoms with Crippen molar-refractivity contribution in [2.75, 3.05) is 6.54 Å². The van der Waals surface area contributed by atoms with E-state index in [2.05, 4.69) is 15.4 Å². The standard InChI is InChI=1S/C14H15FN4O3/c1-19-12(17-8-18-19)4-5-16-13(20)7-9-2-3-10(14(21)22)11(15)6-9/h2-3,6,8H,4-5,7H2,1H3,(H,16,20)(H,21,22). The highest BCUT2D eigenvalue weighted by Crippen LogP contribution is 2.11. The molecule has 0 bridgehead atoms. The summed E-state index contributed by atoms with van der Waals surface area (Å²) in [7, 11) is 1.76. The number of hydrogen-bond acceptors (Lipinski definition) is 4. The largest absolute Gasteiger partial charge is 0.478 e. The highest BCUT2D eigenvalue weighted by molar-refractivity contribution is 5.88. The maximum Gasteiger partial charge on any atom is 0.338 e. The summed E-state index contributed by atoms with van der Waals surface area (Å²) >= 11 is 0. The van der Waals surface area contributed by atoms with Crippen molar-refractivity contribution >= 4 is 11.9 Å². The molecular formula is C14H15FN4O3. The molecule has 0 atom stereocenters. The van der Waals surface area contributed by atoms with E-state index < -0.39 is 17.3 Å². The van der Waals surface area contributed by atoms with Crippen molar-refractivity contribution in [2.24, 2.45) is 7.05 Å². The Morgan fingerprint density at radius 3 is 2.77 bits per heavy atom. The fourth-order valence-electron chi connectivity index (χ4n) is 1.95. The lowest BCUT2D eigenvalue weighted by Gasteiger charge is -2.06. The molecule has 0 aliphatic heterocycles. The van der Waals surface area contributed by atoms with Crippen LogP contribution >= 0.6 is 0 Å². The normalized spacial score (nSPS) is 10.5. The van der Waals surface area contributed by atoms with Gasteiger partial charge >= 0.3 is 5.97 Å². The molecule has 1 amide bonds. The molecule has 2 aromatic rings. The van der Waals surface area contributed by atoms with E-state index in [1.165, 1.54) is 12.4 Å². The van der Waals surface area contributed by atoms with Gasteiger partial charge in [-0.25, -0.2) is 14.2 Å². The van der Waals surface area contributed by atoms with Gasteiger partial charge in [-0.15, -0.1) is 0 Å². The van der Waals surface area contributed by atoms with E-state index in [1.54, 1.807) is 11.7 Å². The molecule has 116 valence electrons. The molecule has 0 saturated carbocycles. The number of carbonyl (C=O) groups is 2. The van der Waals surface area contributed by atoms with Crippen molar-refractivity contribution in [3.63, 3.8) is 0 Å². The van der Waals surface area contributed by atoms with E-state index in [1.807, 2.05) is 0 Å². The average molecular weight is 306 g/mol. The average Bonchev–Trinajstić information content (AvgIpc) is 2.84. The molecule has 2 rings (SSSR count). The summed E-state index contributed by atoms with van der Waals surface area (Å²) in [6.07, 6.45) is 1.95. The van der Waals surface area contributed by atoms with Crippen LogP contribution in [-0.2, 0) is 24.7 Å². The van der Waals surface area contributed by atoms with Gasteiger partial charge in [0.15, 0.2) is 0 Å². The van der Waals surface area contributed by atoms with Crippen molar-refractivity contribution in [3.8, 4) is 0 Å². The Kier molecular flexibility index (Phi) is 4.82.